The van der Waals surface area contributed by atoms with Crippen molar-refractivity contribution in [3.63, 3.8) is 0 Å². The molecule has 1 fully saturated rings. The number of piperazine rings is 1. The lowest BCUT2D eigenvalue weighted by Crippen LogP contribution is -2.48. The number of tetrazole rings is 1. The summed E-state index contributed by atoms with van der Waals surface area (Å²) in [7, 11) is 0. The Morgan fingerprint density at radius 2 is 1.61 bits per heavy atom. The molecule has 184 valence electrons. The molecule has 1 saturated heterocycles. The van der Waals surface area contributed by atoms with E-state index in [2.05, 4.69) is 93.8 Å². The molecule has 4 aromatic rings. The van der Waals surface area contributed by atoms with Gasteiger partial charge in [0.25, 0.3) is 0 Å². The fourth-order valence-electron chi connectivity index (χ4n) is 4.99. The van der Waals surface area contributed by atoms with Crippen LogP contribution in [-0.2, 0) is 0 Å². The van der Waals surface area contributed by atoms with Gasteiger partial charge in [0.1, 0.15) is 5.75 Å². The number of phenols is 1. The van der Waals surface area contributed by atoms with Gasteiger partial charge >= 0.3 is 0 Å². The molecular weight excluding hydrogens is 448 g/mol. The van der Waals surface area contributed by atoms with Crippen molar-refractivity contribution in [2.24, 2.45) is 0 Å². The molecule has 5 rings (SSSR count). The first-order chi connectivity index (χ1) is 17.6. The Labute approximate surface area is 212 Å². The Morgan fingerprint density at radius 3 is 2.33 bits per heavy atom. The number of para-hydroxylation sites is 1. The number of hydrogen-bond acceptors (Lipinski definition) is 6. The molecule has 0 saturated carbocycles. The molecule has 1 aromatic heterocycles. The quantitative estimate of drug-likeness (QED) is 0.423. The largest absolute Gasteiger partial charge is 0.508 e. The minimum atomic E-state index is -0.173. The zero-order chi connectivity index (χ0) is 24.9. The molecule has 7 heteroatoms. The van der Waals surface area contributed by atoms with Gasteiger partial charge in [-0.25, -0.2) is 0 Å². The van der Waals surface area contributed by atoms with Crippen molar-refractivity contribution in [1.29, 1.82) is 0 Å². The van der Waals surface area contributed by atoms with Crippen molar-refractivity contribution >= 4 is 6.08 Å². The standard InChI is InChI=1S/C29H32N6O/c1-22-9-6-10-23(2)27(22)35-29(30-31-32-35)28(25-14-7-15-26(36)21-25)34-19-17-33(18-20-34)16-8-13-24-11-4-3-5-12-24/h3-15,21,28,36H,16-20H2,1-2H3/t28-/m0/s1. The predicted octanol–water partition coefficient (Wildman–Crippen LogP) is 4.41. The second-order valence-electron chi connectivity index (χ2n) is 9.34. The van der Waals surface area contributed by atoms with Crippen LogP contribution in [0, 0.1) is 13.8 Å². The van der Waals surface area contributed by atoms with Crippen LogP contribution in [0.15, 0.2) is 78.9 Å². The molecule has 0 amide bonds. The highest BCUT2D eigenvalue weighted by atomic mass is 16.3. The zero-order valence-corrected chi connectivity index (χ0v) is 20.8. The lowest BCUT2D eigenvalue weighted by Gasteiger charge is -2.38. The number of aromatic nitrogens is 4. The average Bonchev–Trinajstić information content (AvgIpc) is 3.34. The molecule has 1 aliphatic heterocycles. The van der Waals surface area contributed by atoms with E-state index in [1.807, 2.05) is 28.9 Å². The lowest BCUT2D eigenvalue weighted by atomic mass is 10.0. The van der Waals surface area contributed by atoms with Crippen LogP contribution >= 0.6 is 0 Å². The first kappa shape index (κ1) is 23.9. The van der Waals surface area contributed by atoms with Crippen molar-refractivity contribution in [3.05, 3.63) is 107 Å². The van der Waals surface area contributed by atoms with E-state index in [0.717, 1.165) is 60.9 Å². The summed E-state index contributed by atoms with van der Waals surface area (Å²) in [6.07, 6.45) is 4.42. The van der Waals surface area contributed by atoms with Crippen LogP contribution in [0.4, 0.5) is 0 Å². The van der Waals surface area contributed by atoms with Gasteiger partial charge in [0.15, 0.2) is 5.82 Å². The van der Waals surface area contributed by atoms with E-state index in [-0.39, 0.29) is 11.8 Å². The summed E-state index contributed by atoms with van der Waals surface area (Å²) in [6.45, 7) is 8.72. The fourth-order valence-corrected chi connectivity index (χ4v) is 4.99. The molecule has 0 spiro atoms. The number of rotatable bonds is 7. The molecule has 3 aromatic carbocycles. The van der Waals surface area contributed by atoms with Crippen LogP contribution < -0.4 is 0 Å². The number of aryl methyl sites for hydroxylation is 2. The minimum absolute atomic E-state index is 0.173. The molecule has 1 aliphatic rings. The highest BCUT2D eigenvalue weighted by Crippen LogP contribution is 2.32. The van der Waals surface area contributed by atoms with E-state index < -0.39 is 0 Å². The maximum absolute atomic E-state index is 10.3. The Morgan fingerprint density at radius 1 is 0.889 bits per heavy atom. The molecule has 2 heterocycles. The maximum atomic E-state index is 10.3. The third-order valence-corrected chi connectivity index (χ3v) is 6.82. The zero-order valence-electron chi connectivity index (χ0n) is 20.8. The summed E-state index contributed by atoms with van der Waals surface area (Å²) in [5.74, 6) is 1.00. The average molecular weight is 481 g/mol. The van der Waals surface area contributed by atoms with Gasteiger partial charge in [-0.1, -0.05) is 72.8 Å². The number of phenolic OH excluding ortho intramolecular Hbond substituents is 1. The van der Waals surface area contributed by atoms with E-state index in [0.29, 0.717) is 0 Å². The Balaban J connectivity index is 1.39. The Kier molecular flexibility index (Phi) is 7.21. The molecule has 1 N–H and O–H groups in total. The predicted molar refractivity (Wildman–Crippen MR) is 142 cm³/mol. The van der Waals surface area contributed by atoms with Gasteiger partial charge < -0.3 is 5.11 Å². The Bertz CT molecular complexity index is 1300. The van der Waals surface area contributed by atoms with E-state index in [4.69, 9.17) is 0 Å². The van der Waals surface area contributed by atoms with Crippen molar-refractivity contribution in [1.82, 2.24) is 30.0 Å². The van der Waals surface area contributed by atoms with Gasteiger partial charge in [0, 0.05) is 32.7 Å². The van der Waals surface area contributed by atoms with E-state index >= 15 is 0 Å². The van der Waals surface area contributed by atoms with E-state index in [1.165, 1.54) is 5.56 Å². The third-order valence-electron chi connectivity index (χ3n) is 6.82. The number of nitrogens with zero attached hydrogens (tertiary/aromatic N) is 6. The minimum Gasteiger partial charge on any atom is -0.508 e. The molecule has 0 bridgehead atoms. The van der Waals surface area contributed by atoms with Crippen LogP contribution in [0.5, 0.6) is 5.75 Å². The smallest absolute Gasteiger partial charge is 0.178 e. The van der Waals surface area contributed by atoms with Crippen molar-refractivity contribution in [2.45, 2.75) is 19.9 Å². The summed E-state index contributed by atoms with van der Waals surface area (Å²) < 4.78 is 1.87. The van der Waals surface area contributed by atoms with Crippen molar-refractivity contribution < 1.29 is 5.11 Å². The fraction of sp³-hybridized carbons (Fsp3) is 0.276. The second-order valence-corrected chi connectivity index (χ2v) is 9.34. The lowest BCUT2D eigenvalue weighted by molar-refractivity contribution is 0.113. The van der Waals surface area contributed by atoms with Crippen LogP contribution in [0.25, 0.3) is 11.8 Å². The van der Waals surface area contributed by atoms with Crippen molar-refractivity contribution in [2.75, 3.05) is 32.7 Å². The molecule has 7 nitrogen and oxygen atoms in total. The number of benzene rings is 3. The maximum Gasteiger partial charge on any atom is 0.178 e. The van der Waals surface area contributed by atoms with Gasteiger partial charge in [-0.2, -0.15) is 4.68 Å². The van der Waals surface area contributed by atoms with Gasteiger partial charge in [0.05, 0.1) is 11.7 Å². The highest BCUT2D eigenvalue weighted by molar-refractivity contribution is 5.49. The summed E-state index contributed by atoms with van der Waals surface area (Å²) in [5.41, 5.74) is 5.45. The monoisotopic (exact) mass is 480 g/mol. The van der Waals surface area contributed by atoms with E-state index in [1.54, 1.807) is 6.07 Å². The van der Waals surface area contributed by atoms with Gasteiger partial charge in [-0.15, -0.1) is 5.10 Å². The highest BCUT2D eigenvalue weighted by Gasteiger charge is 2.31. The van der Waals surface area contributed by atoms with Crippen LogP contribution in [0.2, 0.25) is 0 Å². The second kappa shape index (κ2) is 10.8. The molecule has 0 unspecified atom stereocenters. The Hall–Kier alpha value is -3.81. The SMILES string of the molecule is Cc1cccc(C)c1-n1nnnc1[C@H](c1cccc(O)c1)N1CCN(CC=Cc2ccccc2)CC1. The number of hydrogen-bond donors (Lipinski definition) is 1. The summed E-state index contributed by atoms with van der Waals surface area (Å²) in [4.78, 5) is 4.88. The molecule has 1 atom stereocenters. The third kappa shape index (κ3) is 5.22. The van der Waals surface area contributed by atoms with Crippen LogP contribution in [0.1, 0.15) is 34.1 Å². The van der Waals surface area contributed by atoms with Crippen LogP contribution in [0.3, 0.4) is 0 Å². The molecule has 0 radical (unpaired) electrons. The molecule has 0 aliphatic carbocycles. The first-order valence-corrected chi connectivity index (χ1v) is 12.4. The van der Waals surface area contributed by atoms with Gasteiger partial charge in [0.2, 0.25) is 0 Å². The first-order valence-electron chi connectivity index (χ1n) is 12.4. The van der Waals surface area contributed by atoms with Gasteiger partial charge in [-0.05, 0) is 58.7 Å². The molecule has 36 heavy (non-hydrogen) atoms. The van der Waals surface area contributed by atoms with Gasteiger partial charge in [-0.3, -0.25) is 9.80 Å². The topological polar surface area (TPSA) is 70.3 Å². The van der Waals surface area contributed by atoms with Crippen molar-refractivity contribution in [3.8, 4) is 11.4 Å². The van der Waals surface area contributed by atoms with Crippen LogP contribution in [-0.4, -0.2) is 67.8 Å². The molecular formula is C29H32N6O. The number of aromatic hydroxyl groups is 1. The summed E-state index contributed by atoms with van der Waals surface area (Å²) in [5, 5.41) is 23.3. The normalized spacial score (nSPS) is 15.9. The van der Waals surface area contributed by atoms with E-state index in [9.17, 15) is 5.11 Å². The summed E-state index contributed by atoms with van der Waals surface area (Å²) in [6, 6.07) is 23.9. The summed E-state index contributed by atoms with van der Waals surface area (Å²) >= 11 is 0.